The van der Waals surface area contributed by atoms with Gasteiger partial charge in [0.1, 0.15) is 0 Å². The van der Waals surface area contributed by atoms with Crippen molar-refractivity contribution in [1.29, 1.82) is 0 Å². The predicted molar refractivity (Wildman–Crippen MR) is 156 cm³/mol. The van der Waals surface area contributed by atoms with Crippen LogP contribution >= 0.6 is 31.9 Å². The second-order valence-corrected chi connectivity index (χ2v) is 13.0. The highest BCUT2D eigenvalue weighted by Gasteiger charge is 2.27. The van der Waals surface area contributed by atoms with E-state index in [9.17, 15) is 13.5 Å². The third-order valence-corrected chi connectivity index (χ3v) is 9.27. The van der Waals surface area contributed by atoms with Crippen LogP contribution in [0.3, 0.4) is 0 Å². The topological polar surface area (TPSA) is 62.5 Å². The maximum absolute atomic E-state index is 13.7. The molecule has 0 spiro atoms. The average molecular weight is 642 g/mol. The van der Waals surface area contributed by atoms with Crippen molar-refractivity contribution in [1.82, 2.24) is 8.87 Å². The van der Waals surface area contributed by atoms with Crippen molar-refractivity contribution in [2.75, 3.05) is 6.54 Å². The molecule has 1 atom stereocenters. The number of benzene rings is 4. The van der Waals surface area contributed by atoms with E-state index in [0.29, 0.717) is 0 Å². The molecule has 0 bridgehead atoms. The minimum Gasteiger partial charge on any atom is -0.390 e. The first-order chi connectivity index (χ1) is 17.7. The number of sulfonamides is 1. The van der Waals surface area contributed by atoms with Crippen LogP contribution in [0, 0.1) is 6.92 Å². The van der Waals surface area contributed by atoms with Gasteiger partial charge in [-0.2, -0.15) is 4.31 Å². The molecule has 0 saturated carbocycles. The molecular formula is C29H26Br2N2O3S. The third-order valence-electron chi connectivity index (χ3n) is 6.46. The third kappa shape index (κ3) is 5.54. The fourth-order valence-corrected chi connectivity index (χ4v) is 6.83. The number of nitrogens with zero attached hydrogens (tertiary/aromatic N) is 2. The maximum Gasteiger partial charge on any atom is 0.243 e. The number of hydrogen-bond acceptors (Lipinski definition) is 3. The Hall–Kier alpha value is -2.49. The van der Waals surface area contributed by atoms with Crippen molar-refractivity contribution in [3.8, 4) is 0 Å². The van der Waals surface area contributed by atoms with Crippen molar-refractivity contribution < 1.29 is 13.5 Å². The number of rotatable bonds is 8. The summed E-state index contributed by atoms with van der Waals surface area (Å²) < 4.78 is 32.7. The van der Waals surface area contributed by atoms with Gasteiger partial charge in [-0.25, -0.2) is 8.42 Å². The molecule has 37 heavy (non-hydrogen) atoms. The van der Waals surface area contributed by atoms with Crippen molar-refractivity contribution in [3.63, 3.8) is 0 Å². The Balaban J connectivity index is 1.50. The summed E-state index contributed by atoms with van der Waals surface area (Å²) >= 11 is 7.13. The van der Waals surface area contributed by atoms with Crippen LogP contribution in [0.2, 0.25) is 0 Å². The first-order valence-electron chi connectivity index (χ1n) is 11.9. The highest BCUT2D eigenvalue weighted by Crippen LogP contribution is 2.33. The van der Waals surface area contributed by atoms with Crippen LogP contribution in [0.4, 0.5) is 0 Å². The van der Waals surface area contributed by atoms with E-state index in [2.05, 4.69) is 48.6 Å². The Labute approximate surface area is 233 Å². The van der Waals surface area contributed by atoms with E-state index in [1.807, 2.05) is 61.5 Å². The smallest absolute Gasteiger partial charge is 0.243 e. The van der Waals surface area contributed by atoms with Crippen LogP contribution < -0.4 is 0 Å². The molecular weight excluding hydrogens is 616 g/mol. The number of fused-ring (bicyclic) bond motifs is 3. The van der Waals surface area contributed by atoms with E-state index < -0.39 is 16.1 Å². The molecule has 5 rings (SSSR count). The minimum atomic E-state index is -3.83. The Morgan fingerprint density at radius 2 is 1.41 bits per heavy atom. The van der Waals surface area contributed by atoms with Gasteiger partial charge in [-0.1, -0.05) is 79.9 Å². The van der Waals surface area contributed by atoms with Gasteiger partial charge in [-0.3, -0.25) is 0 Å². The molecule has 5 aromatic rings. The molecule has 0 radical (unpaired) electrons. The number of hydrogen-bond donors (Lipinski definition) is 1. The molecule has 190 valence electrons. The van der Waals surface area contributed by atoms with Gasteiger partial charge in [0.15, 0.2) is 0 Å². The number of halogens is 2. The van der Waals surface area contributed by atoms with Crippen molar-refractivity contribution in [2.45, 2.75) is 31.0 Å². The molecule has 1 aromatic heterocycles. The molecule has 8 heteroatoms. The van der Waals surface area contributed by atoms with Gasteiger partial charge in [0.2, 0.25) is 10.0 Å². The zero-order valence-corrected chi connectivity index (χ0v) is 24.2. The van der Waals surface area contributed by atoms with Gasteiger partial charge in [0.05, 0.1) is 17.5 Å². The lowest BCUT2D eigenvalue weighted by atomic mass is 10.2. The van der Waals surface area contributed by atoms with E-state index in [1.54, 1.807) is 24.3 Å². The molecule has 4 aromatic carbocycles. The van der Waals surface area contributed by atoms with E-state index in [4.69, 9.17) is 0 Å². The lowest BCUT2D eigenvalue weighted by Gasteiger charge is -2.25. The Bertz CT molecular complexity index is 1610. The Morgan fingerprint density at radius 1 is 0.838 bits per heavy atom. The zero-order chi connectivity index (χ0) is 26.2. The predicted octanol–water partition coefficient (Wildman–Crippen LogP) is 6.88. The Morgan fingerprint density at radius 3 is 1.97 bits per heavy atom. The van der Waals surface area contributed by atoms with Crippen LogP contribution in [0.15, 0.2) is 105 Å². The number of aliphatic hydroxyl groups is 1. The second-order valence-electron chi connectivity index (χ2n) is 9.18. The number of aromatic nitrogens is 1. The van der Waals surface area contributed by atoms with Gasteiger partial charge in [-0.15, -0.1) is 0 Å². The molecule has 0 amide bonds. The molecule has 0 fully saturated rings. The van der Waals surface area contributed by atoms with Crippen LogP contribution in [0.1, 0.15) is 11.1 Å². The molecule has 0 saturated heterocycles. The van der Waals surface area contributed by atoms with Crippen molar-refractivity contribution >= 4 is 63.7 Å². The van der Waals surface area contributed by atoms with Crippen LogP contribution in [0.25, 0.3) is 21.8 Å². The second kappa shape index (κ2) is 10.7. The highest BCUT2D eigenvalue weighted by atomic mass is 79.9. The van der Waals surface area contributed by atoms with E-state index in [-0.39, 0.29) is 24.5 Å². The summed E-state index contributed by atoms with van der Waals surface area (Å²) in [5, 5.41) is 13.4. The summed E-state index contributed by atoms with van der Waals surface area (Å²) in [6, 6.07) is 28.4. The summed E-state index contributed by atoms with van der Waals surface area (Å²) in [5.41, 5.74) is 3.80. The summed E-state index contributed by atoms with van der Waals surface area (Å²) in [6.07, 6.45) is -0.935. The molecule has 5 nitrogen and oxygen atoms in total. The molecule has 1 N–H and O–H groups in total. The average Bonchev–Trinajstić information content (AvgIpc) is 3.16. The minimum absolute atomic E-state index is 0.0423. The number of aryl methyl sites for hydroxylation is 1. The van der Waals surface area contributed by atoms with E-state index in [0.717, 1.165) is 41.9 Å². The molecule has 1 heterocycles. The molecule has 0 aliphatic heterocycles. The lowest BCUT2D eigenvalue weighted by molar-refractivity contribution is 0.128. The standard InChI is InChI=1S/C29H26Br2N2O3S/c1-20-7-11-25(12-8-20)37(35,36)32(17-21-5-3-2-4-6-21)18-24(34)19-33-28-13-9-22(30)15-26(28)27-16-23(31)10-14-29(27)33/h2-16,24,34H,17-19H2,1H3/t24-/m1/s1. The first kappa shape index (κ1) is 26.1. The molecule has 0 aliphatic carbocycles. The molecule has 0 unspecified atom stereocenters. The largest absolute Gasteiger partial charge is 0.390 e. The van der Waals surface area contributed by atoms with Crippen molar-refractivity contribution in [3.05, 3.63) is 111 Å². The van der Waals surface area contributed by atoms with Gasteiger partial charge < -0.3 is 9.67 Å². The van der Waals surface area contributed by atoms with E-state index >= 15 is 0 Å². The van der Waals surface area contributed by atoms with Gasteiger partial charge in [0, 0.05) is 43.8 Å². The van der Waals surface area contributed by atoms with Gasteiger partial charge >= 0.3 is 0 Å². The normalized spacial score (nSPS) is 13.0. The summed E-state index contributed by atoms with van der Waals surface area (Å²) in [7, 11) is -3.83. The molecule has 0 aliphatic rings. The van der Waals surface area contributed by atoms with Crippen LogP contribution in [-0.4, -0.2) is 35.0 Å². The summed E-state index contributed by atoms with van der Waals surface area (Å²) in [6.45, 7) is 2.29. The Kier molecular flexibility index (Phi) is 7.56. The van der Waals surface area contributed by atoms with Crippen LogP contribution in [0.5, 0.6) is 0 Å². The van der Waals surface area contributed by atoms with Crippen molar-refractivity contribution in [2.24, 2.45) is 0 Å². The SMILES string of the molecule is Cc1ccc(S(=O)(=O)N(Cc2ccccc2)C[C@@H](O)Cn2c3ccc(Br)cc3c3cc(Br)ccc32)cc1. The monoisotopic (exact) mass is 640 g/mol. The van der Waals surface area contributed by atoms with Gasteiger partial charge in [0.25, 0.3) is 0 Å². The number of aliphatic hydroxyl groups excluding tert-OH is 1. The fraction of sp³-hybridized carbons (Fsp3) is 0.172. The van der Waals surface area contributed by atoms with Crippen LogP contribution in [-0.2, 0) is 23.1 Å². The fourth-order valence-electron chi connectivity index (χ4n) is 4.64. The summed E-state index contributed by atoms with van der Waals surface area (Å²) in [4.78, 5) is 0.216. The summed E-state index contributed by atoms with van der Waals surface area (Å²) in [5.74, 6) is 0. The maximum atomic E-state index is 13.7. The van der Waals surface area contributed by atoms with E-state index in [1.165, 1.54) is 4.31 Å². The van der Waals surface area contributed by atoms with Gasteiger partial charge in [-0.05, 0) is 61.0 Å². The highest BCUT2D eigenvalue weighted by molar-refractivity contribution is 9.10. The quantitative estimate of drug-likeness (QED) is 0.201. The zero-order valence-electron chi connectivity index (χ0n) is 20.2. The first-order valence-corrected chi connectivity index (χ1v) is 14.9. The lowest BCUT2D eigenvalue weighted by Crippen LogP contribution is -2.38.